The van der Waals surface area contributed by atoms with Crippen molar-refractivity contribution in [3.05, 3.63) is 29.0 Å². The minimum absolute atomic E-state index is 0.285. The Labute approximate surface area is 113 Å². The number of hydrogen-bond acceptors (Lipinski definition) is 2. The van der Waals surface area contributed by atoms with Gasteiger partial charge in [-0.15, -0.1) is 0 Å². The largest absolute Gasteiger partial charge is 0.365 e. The first-order valence-corrected chi connectivity index (χ1v) is 6.82. The van der Waals surface area contributed by atoms with E-state index in [2.05, 4.69) is 31.0 Å². The van der Waals surface area contributed by atoms with Gasteiger partial charge >= 0.3 is 0 Å². The van der Waals surface area contributed by atoms with Gasteiger partial charge in [-0.05, 0) is 31.0 Å². The van der Waals surface area contributed by atoms with Crippen molar-refractivity contribution in [2.45, 2.75) is 32.9 Å². The fourth-order valence-corrected chi connectivity index (χ4v) is 2.66. The summed E-state index contributed by atoms with van der Waals surface area (Å²) in [6.07, 6.45) is 0. The SMILES string of the molecule is CC(C)C1CN(c2ccc(F)cc2Cl)C(C)CN1. The number of nitrogens with zero attached hydrogens (tertiary/aromatic N) is 1. The zero-order valence-corrected chi connectivity index (χ0v) is 11.8. The van der Waals surface area contributed by atoms with E-state index in [1.807, 2.05) is 0 Å². The lowest BCUT2D eigenvalue weighted by Crippen LogP contribution is -2.57. The highest BCUT2D eigenvalue weighted by Crippen LogP contribution is 2.29. The molecular formula is C14H20ClFN2. The van der Waals surface area contributed by atoms with Gasteiger partial charge in [0.15, 0.2) is 0 Å². The summed E-state index contributed by atoms with van der Waals surface area (Å²) in [7, 11) is 0. The van der Waals surface area contributed by atoms with Gasteiger partial charge in [0.05, 0.1) is 10.7 Å². The quantitative estimate of drug-likeness (QED) is 0.887. The van der Waals surface area contributed by atoms with Crippen LogP contribution in [0.5, 0.6) is 0 Å². The fraction of sp³-hybridized carbons (Fsp3) is 0.571. The topological polar surface area (TPSA) is 15.3 Å². The van der Waals surface area contributed by atoms with Crippen molar-refractivity contribution in [1.29, 1.82) is 0 Å². The van der Waals surface area contributed by atoms with Crippen molar-refractivity contribution in [2.75, 3.05) is 18.0 Å². The van der Waals surface area contributed by atoms with Crippen LogP contribution in [0.1, 0.15) is 20.8 Å². The van der Waals surface area contributed by atoms with E-state index in [1.165, 1.54) is 12.1 Å². The predicted octanol–water partition coefficient (Wildman–Crippen LogP) is 3.30. The third-order valence-electron chi connectivity index (χ3n) is 3.62. The first-order chi connectivity index (χ1) is 8.49. The number of hydrogen-bond donors (Lipinski definition) is 1. The Morgan fingerprint density at radius 1 is 1.44 bits per heavy atom. The van der Waals surface area contributed by atoms with Gasteiger partial charge in [0, 0.05) is 25.2 Å². The number of rotatable bonds is 2. The van der Waals surface area contributed by atoms with Gasteiger partial charge in [-0.1, -0.05) is 25.4 Å². The van der Waals surface area contributed by atoms with Crippen molar-refractivity contribution in [3.8, 4) is 0 Å². The molecule has 1 N–H and O–H groups in total. The van der Waals surface area contributed by atoms with Gasteiger partial charge in [0.1, 0.15) is 5.82 Å². The Hall–Kier alpha value is -0.800. The van der Waals surface area contributed by atoms with E-state index in [0.717, 1.165) is 18.8 Å². The molecule has 0 aromatic heterocycles. The number of halogens is 2. The molecule has 0 aliphatic carbocycles. The Balaban J connectivity index is 2.24. The minimum Gasteiger partial charge on any atom is -0.365 e. The second-order valence-corrected chi connectivity index (χ2v) is 5.76. The van der Waals surface area contributed by atoms with Crippen LogP contribution in [0.4, 0.5) is 10.1 Å². The summed E-state index contributed by atoms with van der Waals surface area (Å²) in [6.45, 7) is 8.40. The van der Waals surface area contributed by atoms with Gasteiger partial charge < -0.3 is 10.2 Å². The van der Waals surface area contributed by atoms with E-state index in [4.69, 9.17) is 11.6 Å². The van der Waals surface area contributed by atoms with Crippen LogP contribution in [0.25, 0.3) is 0 Å². The lowest BCUT2D eigenvalue weighted by Gasteiger charge is -2.42. The molecule has 1 heterocycles. The van der Waals surface area contributed by atoms with Crippen molar-refractivity contribution >= 4 is 17.3 Å². The van der Waals surface area contributed by atoms with Crippen molar-refractivity contribution < 1.29 is 4.39 Å². The Bertz CT molecular complexity index is 422. The highest BCUT2D eigenvalue weighted by molar-refractivity contribution is 6.33. The molecule has 1 aromatic carbocycles. The van der Waals surface area contributed by atoms with Crippen molar-refractivity contribution in [1.82, 2.24) is 5.32 Å². The van der Waals surface area contributed by atoms with E-state index in [0.29, 0.717) is 23.0 Å². The summed E-state index contributed by atoms with van der Waals surface area (Å²) in [5.41, 5.74) is 0.928. The van der Waals surface area contributed by atoms with Gasteiger partial charge in [-0.25, -0.2) is 4.39 Å². The number of nitrogens with one attached hydrogen (secondary N) is 1. The van der Waals surface area contributed by atoms with Crippen LogP contribution in [0.2, 0.25) is 5.02 Å². The van der Waals surface area contributed by atoms with Crippen molar-refractivity contribution in [2.24, 2.45) is 5.92 Å². The van der Waals surface area contributed by atoms with Crippen LogP contribution in [-0.4, -0.2) is 25.2 Å². The standard InChI is InChI=1S/C14H20ClFN2/c1-9(2)13-8-18(10(3)7-17-13)14-5-4-11(16)6-12(14)15/h4-6,9-10,13,17H,7-8H2,1-3H3. The van der Waals surface area contributed by atoms with Gasteiger partial charge in [-0.3, -0.25) is 0 Å². The molecule has 0 spiro atoms. The van der Waals surface area contributed by atoms with E-state index in [1.54, 1.807) is 6.07 Å². The third kappa shape index (κ3) is 2.78. The summed E-state index contributed by atoms with van der Waals surface area (Å²) >= 11 is 6.15. The zero-order valence-electron chi connectivity index (χ0n) is 11.1. The molecule has 2 rings (SSSR count). The maximum atomic E-state index is 13.1. The summed E-state index contributed by atoms with van der Waals surface area (Å²) in [5, 5.41) is 4.03. The Morgan fingerprint density at radius 3 is 2.78 bits per heavy atom. The van der Waals surface area contributed by atoms with Gasteiger partial charge in [0.2, 0.25) is 0 Å². The molecule has 1 fully saturated rings. The van der Waals surface area contributed by atoms with Gasteiger partial charge in [-0.2, -0.15) is 0 Å². The smallest absolute Gasteiger partial charge is 0.124 e. The molecule has 100 valence electrons. The van der Waals surface area contributed by atoms with Crippen LogP contribution in [0.3, 0.4) is 0 Å². The van der Waals surface area contributed by atoms with Crippen molar-refractivity contribution in [3.63, 3.8) is 0 Å². The Morgan fingerprint density at radius 2 is 2.17 bits per heavy atom. The number of anilines is 1. The molecule has 1 aromatic rings. The molecule has 1 aliphatic rings. The van der Waals surface area contributed by atoms with E-state index in [-0.39, 0.29) is 5.82 Å². The van der Waals surface area contributed by atoms with Crippen LogP contribution in [-0.2, 0) is 0 Å². The molecular weight excluding hydrogens is 251 g/mol. The van der Waals surface area contributed by atoms with E-state index < -0.39 is 0 Å². The maximum absolute atomic E-state index is 13.1. The minimum atomic E-state index is -0.285. The van der Waals surface area contributed by atoms with Crippen LogP contribution >= 0.6 is 11.6 Å². The zero-order chi connectivity index (χ0) is 13.3. The van der Waals surface area contributed by atoms with E-state index >= 15 is 0 Å². The molecule has 4 heteroatoms. The molecule has 1 aliphatic heterocycles. The average Bonchev–Trinajstić information content (AvgIpc) is 2.30. The molecule has 2 unspecified atom stereocenters. The predicted molar refractivity (Wildman–Crippen MR) is 74.8 cm³/mol. The molecule has 0 amide bonds. The second-order valence-electron chi connectivity index (χ2n) is 5.36. The lowest BCUT2D eigenvalue weighted by molar-refractivity contribution is 0.337. The maximum Gasteiger partial charge on any atom is 0.124 e. The second kappa shape index (κ2) is 5.45. The molecule has 2 atom stereocenters. The molecule has 2 nitrogen and oxygen atoms in total. The highest BCUT2D eigenvalue weighted by Gasteiger charge is 2.27. The monoisotopic (exact) mass is 270 g/mol. The normalized spacial score (nSPS) is 24.7. The molecule has 1 saturated heterocycles. The summed E-state index contributed by atoms with van der Waals surface area (Å²) in [6, 6.07) is 5.44. The highest BCUT2D eigenvalue weighted by atomic mass is 35.5. The molecule has 0 radical (unpaired) electrons. The lowest BCUT2D eigenvalue weighted by atomic mass is 9.99. The van der Waals surface area contributed by atoms with Gasteiger partial charge in [0.25, 0.3) is 0 Å². The molecule has 0 saturated carbocycles. The number of benzene rings is 1. The molecule has 0 bridgehead atoms. The molecule has 18 heavy (non-hydrogen) atoms. The number of piperazine rings is 1. The summed E-state index contributed by atoms with van der Waals surface area (Å²) < 4.78 is 13.1. The summed E-state index contributed by atoms with van der Waals surface area (Å²) in [5.74, 6) is 0.283. The van der Waals surface area contributed by atoms with Crippen LogP contribution < -0.4 is 10.2 Å². The van der Waals surface area contributed by atoms with E-state index in [9.17, 15) is 4.39 Å². The third-order valence-corrected chi connectivity index (χ3v) is 3.93. The average molecular weight is 271 g/mol. The Kier molecular flexibility index (Phi) is 4.13. The fourth-order valence-electron chi connectivity index (χ4n) is 2.39. The van der Waals surface area contributed by atoms with Crippen LogP contribution in [0.15, 0.2) is 18.2 Å². The van der Waals surface area contributed by atoms with Crippen LogP contribution in [0, 0.1) is 11.7 Å². The first kappa shape index (κ1) is 13.6. The summed E-state index contributed by atoms with van der Waals surface area (Å²) in [4.78, 5) is 2.27. The first-order valence-electron chi connectivity index (χ1n) is 6.44.